The van der Waals surface area contributed by atoms with Crippen LogP contribution in [0.5, 0.6) is 5.75 Å². The fourth-order valence-corrected chi connectivity index (χ4v) is 3.67. The number of nitriles is 1. The predicted octanol–water partition coefficient (Wildman–Crippen LogP) is 6.11. The van der Waals surface area contributed by atoms with E-state index in [-0.39, 0.29) is 11.0 Å². The maximum Gasteiger partial charge on any atom is 0.135 e. The van der Waals surface area contributed by atoms with Crippen LogP contribution in [0.2, 0.25) is 0 Å². The molecule has 0 aliphatic heterocycles. The lowest BCUT2D eigenvalue weighted by molar-refractivity contribution is 0.475. The van der Waals surface area contributed by atoms with Crippen LogP contribution in [0.3, 0.4) is 0 Å². The molecule has 1 aromatic heterocycles. The zero-order chi connectivity index (χ0) is 17.9. The number of thiocyanates is 1. The van der Waals surface area contributed by atoms with Crippen LogP contribution in [0.4, 0.5) is 0 Å². The molecule has 0 saturated heterocycles. The molecule has 0 aliphatic rings. The highest BCUT2D eigenvalue weighted by Crippen LogP contribution is 2.37. The van der Waals surface area contributed by atoms with Crippen LogP contribution in [0.15, 0.2) is 83.3 Å². The summed E-state index contributed by atoms with van der Waals surface area (Å²) in [7, 11) is 0. The van der Waals surface area contributed by atoms with Gasteiger partial charge in [0.2, 0.25) is 0 Å². The van der Waals surface area contributed by atoms with Crippen molar-refractivity contribution in [3.8, 4) is 22.5 Å². The third-order valence-electron chi connectivity index (χ3n) is 4.29. The molecule has 1 atom stereocenters. The molecule has 0 spiro atoms. The maximum atomic E-state index is 9.48. The third-order valence-corrected chi connectivity index (χ3v) is 5.18. The van der Waals surface area contributed by atoms with Gasteiger partial charge in [-0.1, -0.05) is 54.6 Å². The van der Waals surface area contributed by atoms with Crippen molar-refractivity contribution < 1.29 is 9.52 Å². The first-order chi connectivity index (χ1) is 12.7. The number of thioether (sulfide) groups is 1. The van der Waals surface area contributed by atoms with E-state index in [1.165, 1.54) is 11.8 Å². The normalized spacial score (nSPS) is 12.0. The number of benzene rings is 3. The molecular weight excluding hydrogens is 342 g/mol. The minimum absolute atomic E-state index is 0.106. The Hall–Kier alpha value is -3.16. The van der Waals surface area contributed by atoms with Crippen molar-refractivity contribution in [3.05, 3.63) is 90.0 Å². The summed E-state index contributed by atoms with van der Waals surface area (Å²) in [5, 5.41) is 21.8. The summed E-state index contributed by atoms with van der Waals surface area (Å²) in [4.78, 5) is 0. The lowest BCUT2D eigenvalue weighted by Gasteiger charge is -2.14. The number of rotatable bonds is 4. The molecule has 0 fully saturated rings. The highest BCUT2D eigenvalue weighted by atomic mass is 32.2. The van der Waals surface area contributed by atoms with Gasteiger partial charge in [-0.15, -0.1) is 0 Å². The first-order valence-electron chi connectivity index (χ1n) is 8.17. The van der Waals surface area contributed by atoms with Gasteiger partial charge in [0.1, 0.15) is 22.5 Å². The minimum atomic E-state index is -0.106. The molecule has 3 aromatic carbocycles. The van der Waals surface area contributed by atoms with Gasteiger partial charge in [-0.2, -0.15) is 5.26 Å². The summed E-state index contributed by atoms with van der Waals surface area (Å²) < 4.78 is 5.91. The molecule has 26 heavy (non-hydrogen) atoms. The first-order valence-corrected chi connectivity index (χ1v) is 9.05. The van der Waals surface area contributed by atoms with Crippen molar-refractivity contribution in [2.24, 2.45) is 0 Å². The first kappa shape index (κ1) is 16.3. The van der Waals surface area contributed by atoms with Crippen molar-refractivity contribution in [2.45, 2.75) is 5.25 Å². The van der Waals surface area contributed by atoms with E-state index >= 15 is 0 Å². The van der Waals surface area contributed by atoms with Crippen molar-refractivity contribution in [1.29, 1.82) is 5.26 Å². The molecule has 126 valence electrons. The molecule has 4 aromatic rings. The molecule has 1 N–H and O–H groups in total. The smallest absolute Gasteiger partial charge is 0.135 e. The van der Waals surface area contributed by atoms with Crippen molar-refractivity contribution in [1.82, 2.24) is 0 Å². The van der Waals surface area contributed by atoms with Crippen LogP contribution in [0, 0.1) is 10.7 Å². The topological polar surface area (TPSA) is 57.2 Å². The van der Waals surface area contributed by atoms with Crippen LogP contribution in [0.1, 0.15) is 16.4 Å². The van der Waals surface area contributed by atoms with Gasteiger partial charge in [0.05, 0.1) is 5.25 Å². The maximum absolute atomic E-state index is 9.48. The average Bonchev–Trinajstić information content (AvgIpc) is 3.11. The number of nitrogens with zero attached hydrogens (tertiary/aromatic N) is 1. The molecule has 0 radical (unpaired) electrons. The van der Waals surface area contributed by atoms with Gasteiger partial charge in [0.15, 0.2) is 0 Å². The predicted molar refractivity (Wildman–Crippen MR) is 105 cm³/mol. The Balaban J connectivity index is 1.67. The standard InChI is InChI=1S/C22H15NO2S/c23-14-26-22(17-9-11-19(24)12-10-17)16-7-5-15(6-8-16)21-13-18-3-1-2-4-20(18)25-21/h1-13,22,24H. The molecule has 3 nitrogen and oxygen atoms in total. The highest BCUT2D eigenvalue weighted by molar-refractivity contribution is 8.04. The Bertz CT molecular complexity index is 1040. The van der Waals surface area contributed by atoms with Gasteiger partial charge >= 0.3 is 0 Å². The third kappa shape index (κ3) is 3.17. The highest BCUT2D eigenvalue weighted by Gasteiger charge is 2.16. The number of para-hydroxylation sites is 1. The van der Waals surface area contributed by atoms with E-state index in [9.17, 15) is 10.4 Å². The molecule has 4 rings (SSSR count). The summed E-state index contributed by atoms with van der Waals surface area (Å²) >= 11 is 1.19. The van der Waals surface area contributed by atoms with Crippen molar-refractivity contribution in [2.75, 3.05) is 0 Å². The van der Waals surface area contributed by atoms with E-state index in [0.29, 0.717) is 0 Å². The lowest BCUT2D eigenvalue weighted by Crippen LogP contribution is -1.95. The summed E-state index contributed by atoms with van der Waals surface area (Å²) in [6.07, 6.45) is 0. The number of aromatic hydroxyl groups is 1. The van der Waals surface area contributed by atoms with Crippen molar-refractivity contribution in [3.63, 3.8) is 0 Å². The number of phenols is 1. The lowest BCUT2D eigenvalue weighted by atomic mass is 10.0. The van der Waals surface area contributed by atoms with Crippen LogP contribution < -0.4 is 0 Å². The van der Waals surface area contributed by atoms with Gasteiger partial charge in [-0.05, 0) is 47.2 Å². The Labute approximate surface area is 155 Å². The van der Waals surface area contributed by atoms with E-state index in [1.807, 2.05) is 66.7 Å². The zero-order valence-corrected chi connectivity index (χ0v) is 14.6. The number of furan rings is 1. The summed E-state index contributed by atoms with van der Waals surface area (Å²) in [5.41, 5.74) is 3.87. The molecule has 0 aliphatic carbocycles. The van der Waals surface area contributed by atoms with Gasteiger partial charge in [-0.3, -0.25) is 0 Å². The van der Waals surface area contributed by atoms with Crippen molar-refractivity contribution >= 4 is 22.7 Å². The summed E-state index contributed by atoms with van der Waals surface area (Å²) in [6, 6.07) is 25.0. The van der Waals surface area contributed by atoms with E-state index < -0.39 is 0 Å². The van der Waals surface area contributed by atoms with Gasteiger partial charge in [0.25, 0.3) is 0 Å². The number of fused-ring (bicyclic) bond motifs is 1. The van der Waals surface area contributed by atoms with Crippen LogP contribution in [-0.4, -0.2) is 5.11 Å². The van der Waals surface area contributed by atoms with E-state index in [1.54, 1.807) is 12.1 Å². The fourth-order valence-electron chi connectivity index (χ4n) is 2.98. The SMILES string of the molecule is N#CSC(c1ccc(O)cc1)c1ccc(-c2cc3ccccc3o2)cc1. The molecule has 1 unspecified atom stereocenters. The molecular formula is C22H15NO2S. The molecule has 1 heterocycles. The quantitative estimate of drug-likeness (QED) is 0.448. The number of hydrogen-bond acceptors (Lipinski definition) is 4. The number of phenolic OH excluding ortho intramolecular Hbond substituents is 1. The Morgan fingerprint density at radius 2 is 1.54 bits per heavy atom. The zero-order valence-electron chi connectivity index (χ0n) is 13.8. The molecule has 4 heteroatoms. The minimum Gasteiger partial charge on any atom is -0.508 e. The Morgan fingerprint density at radius 3 is 2.19 bits per heavy atom. The van der Waals surface area contributed by atoms with E-state index in [0.717, 1.165) is 33.4 Å². The summed E-state index contributed by atoms with van der Waals surface area (Å²) in [6.45, 7) is 0. The van der Waals surface area contributed by atoms with Gasteiger partial charge in [0, 0.05) is 10.9 Å². The monoisotopic (exact) mass is 357 g/mol. The van der Waals surface area contributed by atoms with E-state index in [4.69, 9.17) is 4.42 Å². The Kier molecular flexibility index (Phi) is 4.39. The molecule has 0 amide bonds. The fraction of sp³-hybridized carbons (Fsp3) is 0.0455. The van der Waals surface area contributed by atoms with Crippen LogP contribution >= 0.6 is 11.8 Å². The molecule has 0 bridgehead atoms. The second-order valence-electron chi connectivity index (χ2n) is 5.95. The van der Waals surface area contributed by atoms with Gasteiger partial charge in [-0.25, -0.2) is 0 Å². The average molecular weight is 357 g/mol. The van der Waals surface area contributed by atoms with Crippen LogP contribution in [0.25, 0.3) is 22.3 Å². The van der Waals surface area contributed by atoms with Gasteiger partial charge < -0.3 is 9.52 Å². The Morgan fingerprint density at radius 1 is 0.885 bits per heavy atom. The second kappa shape index (κ2) is 6.99. The second-order valence-corrected chi connectivity index (χ2v) is 6.84. The largest absolute Gasteiger partial charge is 0.508 e. The van der Waals surface area contributed by atoms with E-state index in [2.05, 4.69) is 5.40 Å². The molecule has 0 saturated carbocycles. The number of hydrogen-bond donors (Lipinski definition) is 1. The van der Waals surface area contributed by atoms with Crippen LogP contribution in [-0.2, 0) is 0 Å². The summed E-state index contributed by atoms with van der Waals surface area (Å²) in [5.74, 6) is 1.04.